The summed E-state index contributed by atoms with van der Waals surface area (Å²) in [6.07, 6.45) is 2.34. The number of para-hydroxylation sites is 1. The van der Waals surface area contributed by atoms with Gasteiger partial charge in [-0.3, -0.25) is 0 Å². The maximum atomic E-state index is 5.86. The highest BCUT2D eigenvalue weighted by atomic mass is 35.5. The molecule has 0 N–H and O–H groups in total. The lowest BCUT2D eigenvalue weighted by Crippen LogP contribution is -2.03. The third kappa shape index (κ3) is 2.89. The molecule has 3 rings (SSSR count). The molecule has 0 bridgehead atoms. The number of hydrogen-bond acceptors (Lipinski definition) is 3. The summed E-state index contributed by atoms with van der Waals surface area (Å²) in [7, 11) is 0. The zero-order valence-corrected chi connectivity index (χ0v) is 11.5. The fraction of sp³-hybridized carbons (Fsp3) is 0.125. The van der Waals surface area contributed by atoms with Gasteiger partial charge in [0.15, 0.2) is 0 Å². The van der Waals surface area contributed by atoms with Gasteiger partial charge in [0.25, 0.3) is 0 Å². The van der Waals surface area contributed by atoms with E-state index in [1.165, 1.54) is 11.9 Å². The number of aromatic nitrogens is 2. The molecule has 20 heavy (non-hydrogen) atoms. The van der Waals surface area contributed by atoms with Gasteiger partial charge in [-0.25, -0.2) is 9.97 Å². The molecule has 0 saturated carbocycles. The van der Waals surface area contributed by atoms with Gasteiger partial charge in [-0.15, -0.1) is 0 Å². The van der Waals surface area contributed by atoms with Gasteiger partial charge in [-0.2, -0.15) is 0 Å². The van der Waals surface area contributed by atoms with Crippen LogP contribution in [0, 0.1) is 0 Å². The fourth-order valence-electron chi connectivity index (χ4n) is 2.01. The van der Waals surface area contributed by atoms with Gasteiger partial charge < -0.3 is 4.74 Å². The molecular weight excluding hydrogens is 272 g/mol. The molecule has 0 spiro atoms. The highest BCUT2D eigenvalue weighted by Crippen LogP contribution is 2.20. The van der Waals surface area contributed by atoms with Gasteiger partial charge in [-0.1, -0.05) is 35.9 Å². The third-order valence-corrected chi connectivity index (χ3v) is 3.30. The minimum absolute atomic E-state index is 0.572. The van der Waals surface area contributed by atoms with Crippen molar-refractivity contribution in [1.29, 1.82) is 0 Å². The average molecular weight is 285 g/mol. The van der Waals surface area contributed by atoms with E-state index in [0.717, 1.165) is 22.3 Å². The number of hydrogen-bond donors (Lipinski definition) is 0. The van der Waals surface area contributed by atoms with E-state index in [0.29, 0.717) is 12.5 Å². The van der Waals surface area contributed by atoms with Crippen LogP contribution < -0.4 is 4.74 Å². The van der Waals surface area contributed by atoms with E-state index in [9.17, 15) is 0 Å². The highest BCUT2D eigenvalue weighted by molar-refractivity contribution is 6.30. The summed E-state index contributed by atoms with van der Waals surface area (Å²) in [6.45, 7) is 0.572. The van der Waals surface area contributed by atoms with Crippen molar-refractivity contribution in [3.8, 4) is 5.88 Å². The van der Waals surface area contributed by atoms with Gasteiger partial charge >= 0.3 is 0 Å². The van der Waals surface area contributed by atoms with Gasteiger partial charge in [0.1, 0.15) is 6.33 Å². The van der Waals surface area contributed by atoms with Crippen molar-refractivity contribution >= 4 is 22.5 Å². The molecule has 0 saturated heterocycles. The van der Waals surface area contributed by atoms with Gasteiger partial charge in [-0.05, 0) is 29.8 Å². The van der Waals surface area contributed by atoms with E-state index in [2.05, 4.69) is 9.97 Å². The molecule has 2 aromatic carbocycles. The van der Waals surface area contributed by atoms with Gasteiger partial charge in [0.2, 0.25) is 5.88 Å². The van der Waals surface area contributed by atoms with E-state index in [1.807, 2.05) is 48.5 Å². The second-order valence-electron chi connectivity index (χ2n) is 4.42. The molecule has 1 heterocycles. The summed E-state index contributed by atoms with van der Waals surface area (Å²) in [4.78, 5) is 8.41. The second kappa shape index (κ2) is 5.88. The maximum absolute atomic E-state index is 5.86. The zero-order valence-electron chi connectivity index (χ0n) is 10.8. The molecule has 3 nitrogen and oxygen atoms in total. The van der Waals surface area contributed by atoms with Crippen LogP contribution in [0.2, 0.25) is 5.02 Å². The van der Waals surface area contributed by atoms with Crippen LogP contribution in [0.5, 0.6) is 5.88 Å². The summed E-state index contributed by atoms with van der Waals surface area (Å²) < 4.78 is 5.77. The molecule has 0 unspecified atom stereocenters. The van der Waals surface area contributed by atoms with Crippen molar-refractivity contribution in [3.63, 3.8) is 0 Å². The molecular formula is C16H13ClN2O. The first kappa shape index (κ1) is 12.9. The molecule has 4 heteroatoms. The predicted molar refractivity (Wildman–Crippen MR) is 80.2 cm³/mol. The van der Waals surface area contributed by atoms with E-state index >= 15 is 0 Å². The number of rotatable bonds is 4. The highest BCUT2D eigenvalue weighted by Gasteiger charge is 2.03. The van der Waals surface area contributed by atoms with Crippen LogP contribution in [0.1, 0.15) is 5.56 Å². The van der Waals surface area contributed by atoms with Crippen LogP contribution in [-0.2, 0) is 6.42 Å². The number of fused-ring (bicyclic) bond motifs is 1. The Morgan fingerprint density at radius 3 is 2.60 bits per heavy atom. The summed E-state index contributed by atoms with van der Waals surface area (Å²) in [5, 5.41) is 1.68. The lowest BCUT2D eigenvalue weighted by molar-refractivity contribution is 0.313. The second-order valence-corrected chi connectivity index (χ2v) is 4.86. The topological polar surface area (TPSA) is 35.0 Å². The standard InChI is InChI=1S/C16H13ClN2O/c17-13-7-5-12(6-8-13)9-10-20-16-14-3-1-2-4-15(14)18-11-19-16/h1-8,11H,9-10H2. The Bertz CT molecular complexity index is 708. The van der Waals surface area contributed by atoms with E-state index in [-0.39, 0.29) is 0 Å². The van der Waals surface area contributed by atoms with Crippen molar-refractivity contribution in [3.05, 3.63) is 65.4 Å². The summed E-state index contributed by atoms with van der Waals surface area (Å²) in [5.41, 5.74) is 2.08. The van der Waals surface area contributed by atoms with Crippen LogP contribution in [-0.4, -0.2) is 16.6 Å². The first-order valence-corrected chi connectivity index (χ1v) is 6.78. The summed E-state index contributed by atoms with van der Waals surface area (Å²) in [5.74, 6) is 0.629. The molecule has 0 aliphatic carbocycles. The minimum Gasteiger partial charge on any atom is -0.477 e. The molecule has 100 valence electrons. The molecule has 1 aromatic heterocycles. The first-order valence-electron chi connectivity index (χ1n) is 6.40. The van der Waals surface area contributed by atoms with Crippen LogP contribution in [0.15, 0.2) is 54.9 Å². The molecule has 0 aliphatic rings. The monoisotopic (exact) mass is 284 g/mol. The normalized spacial score (nSPS) is 10.7. The van der Waals surface area contributed by atoms with E-state index < -0.39 is 0 Å². The molecule has 3 aromatic rings. The molecule has 0 amide bonds. The van der Waals surface area contributed by atoms with Crippen LogP contribution in [0.4, 0.5) is 0 Å². The van der Waals surface area contributed by atoms with Gasteiger partial charge in [0, 0.05) is 11.4 Å². The maximum Gasteiger partial charge on any atom is 0.224 e. The van der Waals surface area contributed by atoms with Crippen LogP contribution in [0.25, 0.3) is 10.9 Å². The smallest absolute Gasteiger partial charge is 0.224 e. The van der Waals surface area contributed by atoms with Crippen LogP contribution in [0.3, 0.4) is 0 Å². The quantitative estimate of drug-likeness (QED) is 0.729. The minimum atomic E-state index is 0.572. The Kier molecular flexibility index (Phi) is 3.79. The fourth-order valence-corrected chi connectivity index (χ4v) is 2.14. The SMILES string of the molecule is Clc1ccc(CCOc2ncnc3ccccc23)cc1. The Labute approximate surface area is 122 Å². The van der Waals surface area contributed by atoms with E-state index in [1.54, 1.807) is 0 Å². The molecule has 0 atom stereocenters. The van der Waals surface area contributed by atoms with Crippen LogP contribution >= 0.6 is 11.6 Å². The lowest BCUT2D eigenvalue weighted by Gasteiger charge is -2.07. The van der Waals surface area contributed by atoms with Crippen molar-refractivity contribution in [2.24, 2.45) is 0 Å². The average Bonchev–Trinajstić information content (AvgIpc) is 2.49. The van der Waals surface area contributed by atoms with Crippen molar-refractivity contribution in [2.45, 2.75) is 6.42 Å². The van der Waals surface area contributed by atoms with Crippen molar-refractivity contribution in [2.75, 3.05) is 6.61 Å². The Hall–Kier alpha value is -2.13. The third-order valence-electron chi connectivity index (χ3n) is 3.05. The molecule has 0 aliphatic heterocycles. The lowest BCUT2D eigenvalue weighted by atomic mass is 10.2. The number of benzene rings is 2. The largest absolute Gasteiger partial charge is 0.477 e. The van der Waals surface area contributed by atoms with E-state index in [4.69, 9.17) is 16.3 Å². The van der Waals surface area contributed by atoms with Crippen molar-refractivity contribution in [1.82, 2.24) is 9.97 Å². The van der Waals surface area contributed by atoms with Gasteiger partial charge in [0.05, 0.1) is 17.5 Å². The predicted octanol–water partition coefficient (Wildman–Crippen LogP) is 3.90. The van der Waals surface area contributed by atoms with Crippen molar-refractivity contribution < 1.29 is 4.74 Å². The first-order chi connectivity index (χ1) is 9.83. The summed E-state index contributed by atoms with van der Waals surface area (Å²) >= 11 is 5.86. The number of ether oxygens (including phenoxy) is 1. The Balaban J connectivity index is 1.69. The Morgan fingerprint density at radius 1 is 0.950 bits per heavy atom. The zero-order chi connectivity index (χ0) is 13.8. The number of nitrogens with zero attached hydrogens (tertiary/aromatic N) is 2. The summed E-state index contributed by atoms with van der Waals surface area (Å²) in [6, 6.07) is 15.6. The molecule has 0 fully saturated rings. The molecule has 0 radical (unpaired) electrons. The Morgan fingerprint density at radius 2 is 1.75 bits per heavy atom. The number of halogens is 1.